The van der Waals surface area contributed by atoms with Gasteiger partial charge in [-0.3, -0.25) is 0 Å². The first-order chi connectivity index (χ1) is 9.88. The summed E-state index contributed by atoms with van der Waals surface area (Å²) in [6.07, 6.45) is 0. The number of hydrogen-bond acceptors (Lipinski definition) is 2. The lowest BCUT2D eigenvalue weighted by Crippen LogP contribution is -1.90. The van der Waals surface area contributed by atoms with Gasteiger partial charge >= 0.3 is 0 Å². The zero-order chi connectivity index (χ0) is 13.8. The van der Waals surface area contributed by atoms with Crippen LogP contribution >= 0.6 is 0 Å². The first-order valence-electron chi connectivity index (χ1n) is 6.40. The summed E-state index contributed by atoms with van der Waals surface area (Å²) < 4.78 is 0. The van der Waals surface area contributed by atoms with Crippen molar-refractivity contribution < 1.29 is 0 Å². The average molecular weight is 256 g/mol. The number of nitrogens with zero attached hydrogens (tertiary/aromatic N) is 2. The summed E-state index contributed by atoms with van der Waals surface area (Å²) in [4.78, 5) is 4.67. The number of aromatic nitrogens is 1. The number of hydrogen-bond donors (Lipinski definition) is 0. The standard InChI is InChI=1S/C18H12N2/c19-13-15-9-4-5-10-16(15)18-12-6-11-17(20-18)14-7-2-1-3-8-14/h1-12H. The molecule has 0 saturated carbocycles. The molecular formula is C18H12N2. The Bertz CT molecular complexity index is 771. The molecule has 2 aromatic carbocycles. The summed E-state index contributed by atoms with van der Waals surface area (Å²) in [5, 5.41) is 9.19. The maximum atomic E-state index is 9.19. The molecule has 0 aliphatic carbocycles. The third-order valence-corrected chi connectivity index (χ3v) is 3.14. The minimum atomic E-state index is 0.644. The van der Waals surface area contributed by atoms with Crippen molar-refractivity contribution >= 4 is 0 Å². The maximum absolute atomic E-state index is 9.19. The van der Waals surface area contributed by atoms with Crippen LogP contribution in [0.1, 0.15) is 5.56 Å². The van der Waals surface area contributed by atoms with Crippen LogP contribution in [0.3, 0.4) is 0 Å². The Morgan fingerprint density at radius 2 is 1.40 bits per heavy atom. The van der Waals surface area contributed by atoms with Gasteiger partial charge in [-0.25, -0.2) is 4.98 Å². The van der Waals surface area contributed by atoms with Crippen molar-refractivity contribution in [2.45, 2.75) is 0 Å². The van der Waals surface area contributed by atoms with Crippen LogP contribution in [0.15, 0.2) is 72.8 Å². The zero-order valence-corrected chi connectivity index (χ0v) is 10.8. The van der Waals surface area contributed by atoms with E-state index in [2.05, 4.69) is 11.1 Å². The number of benzene rings is 2. The molecule has 2 nitrogen and oxygen atoms in total. The molecule has 1 aromatic heterocycles. The fraction of sp³-hybridized carbons (Fsp3) is 0. The molecule has 3 rings (SSSR count). The van der Waals surface area contributed by atoms with Crippen molar-refractivity contribution in [1.29, 1.82) is 5.26 Å². The predicted octanol–water partition coefficient (Wildman–Crippen LogP) is 4.29. The molecule has 1 heterocycles. The highest BCUT2D eigenvalue weighted by Crippen LogP contribution is 2.24. The molecule has 0 fully saturated rings. The van der Waals surface area contributed by atoms with E-state index in [4.69, 9.17) is 0 Å². The molecule has 94 valence electrons. The van der Waals surface area contributed by atoms with Gasteiger partial charge in [0.05, 0.1) is 23.0 Å². The van der Waals surface area contributed by atoms with Crippen LogP contribution in [0, 0.1) is 11.3 Å². The molecule has 0 aliphatic rings. The summed E-state index contributed by atoms with van der Waals surface area (Å²) in [6.45, 7) is 0. The Hall–Kier alpha value is -2.92. The quantitative estimate of drug-likeness (QED) is 0.686. The monoisotopic (exact) mass is 256 g/mol. The zero-order valence-electron chi connectivity index (χ0n) is 10.8. The van der Waals surface area contributed by atoms with E-state index >= 15 is 0 Å². The van der Waals surface area contributed by atoms with Crippen LogP contribution in [0.5, 0.6) is 0 Å². The number of nitriles is 1. The van der Waals surface area contributed by atoms with Gasteiger partial charge in [0.25, 0.3) is 0 Å². The molecule has 20 heavy (non-hydrogen) atoms. The summed E-state index contributed by atoms with van der Waals surface area (Å²) in [5.41, 5.74) is 4.32. The fourth-order valence-electron chi connectivity index (χ4n) is 2.16. The summed E-state index contributed by atoms with van der Waals surface area (Å²) in [7, 11) is 0. The highest BCUT2D eigenvalue weighted by Gasteiger charge is 2.06. The van der Waals surface area contributed by atoms with E-state index in [1.807, 2.05) is 72.8 Å². The molecule has 0 atom stereocenters. The van der Waals surface area contributed by atoms with Gasteiger partial charge in [0.2, 0.25) is 0 Å². The van der Waals surface area contributed by atoms with Crippen LogP contribution in [0.4, 0.5) is 0 Å². The van der Waals surface area contributed by atoms with Gasteiger partial charge in [-0.15, -0.1) is 0 Å². The number of rotatable bonds is 2. The van der Waals surface area contributed by atoms with Crippen molar-refractivity contribution in [2.75, 3.05) is 0 Å². The second-order valence-electron chi connectivity index (χ2n) is 4.43. The first-order valence-corrected chi connectivity index (χ1v) is 6.40. The lowest BCUT2D eigenvalue weighted by molar-refractivity contribution is 1.32. The van der Waals surface area contributed by atoms with Gasteiger partial charge < -0.3 is 0 Å². The fourth-order valence-corrected chi connectivity index (χ4v) is 2.16. The van der Waals surface area contributed by atoms with E-state index in [0.717, 1.165) is 22.5 Å². The van der Waals surface area contributed by atoms with E-state index in [0.29, 0.717) is 5.56 Å². The lowest BCUT2D eigenvalue weighted by Gasteiger charge is -2.06. The molecule has 0 amide bonds. The molecule has 0 unspecified atom stereocenters. The SMILES string of the molecule is N#Cc1ccccc1-c1cccc(-c2ccccc2)n1. The topological polar surface area (TPSA) is 36.7 Å². The largest absolute Gasteiger partial charge is 0.248 e. The van der Waals surface area contributed by atoms with Gasteiger partial charge in [-0.2, -0.15) is 5.26 Å². The Balaban J connectivity index is 2.11. The Morgan fingerprint density at radius 1 is 0.700 bits per heavy atom. The Labute approximate surface area is 118 Å². The van der Waals surface area contributed by atoms with Crippen molar-refractivity contribution in [3.8, 4) is 28.6 Å². The van der Waals surface area contributed by atoms with Gasteiger partial charge in [-0.1, -0.05) is 54.6 Å². The van der Waals surface area contributed by atoms with Crippen LogP contribution in [0.25, 0.3) is 22.5 Å². The molecule has 0 saturated heterocycles. The third kappa shape index (κ3) is 2.30. The molecule has 0 radical (unpaired) electrons. The van der Waals surface area contributed by atoms with Gasteiger partial charge in [-0.05, 0) is 18.2 Å². The molecule has 2 heteroatoms. The van der Waals surface area contributed by atoms with Crippen molar-refractivity contribution in [3.05, 3.63) is 78.4 Å². The molecule has 0 aliphatic heterocycles. The predicted molar refractivity (Wildman–Crippen MR) is 79.8 cm³/mol. The van der Waals surface area contributed by atoms with Crippen molar-refractivity contribution in [3.63, 3.8) is 0 Å². The van der Waals surface area contributed by atoms with E-state index < -0.39 is 0 Å². The molecular weight excluding hydrogens is 244 g/mol. The van der Waals surface area contributed by atoms with Gasteiger partial charge in [0.15, 0.2) is 0 Å². The highest BCUT2D eigenvalue weighted by atomic mass is 14.7. The average Bonchev–Trinajstić information content (AvgIpc) is 2.56. The van der Waals surface area contributed by atoms with E-state index in [9.17, 15) is 5.26 Å². The van der Waals surface area contributed by atoms with Crippen LogP contribution in [-0.4, -0.2) is 4.98 Å². The third-order valence-electron chi connectivity index (χ3n) is 3.14. The smallest absolute Gasteiger partial charge is 0.0998 e. The highest BCUT2D eigenvalue weighted by molar-refractivity contribution is 5.70. The summed E-state index contributed by atoms with van der Waals surface area (Å²) in [6, 6.07) is 25.7. The van der Waals surface area contributed by atoms with Crippen LogP contribution in [0.2, 0.25) is 0 Å². The minimum Gasteiger partial charge on any atom is -0.248 e. The summed E-state index contributed by atoms with van der Waals surface area (Å²) >= 11 is 0. The number of pyridine rings is 1. The molecule has 0 bridgehead atoms. The second kappa shape index (κ2) is 5.38. The minimum absolute atomic E-state index is 0.644. The Kier molecular flexibility index (Phi) is 3.26. The normalized spacial score (nSPS) is 9.95. The van der Waals surface area contributed by atoms with E-state index in [1.165, 1.54) is 0 Å². The van der Waals surface area contributed by atoms with Crippen LogP contribution in [-0.2, 0) is 0 Å². The van der Waals surface area contributed by atoms with Crippen molar-refractivity contribution in [2.24, 2.45) is 0 Å². The van der Waals surface area contributed by atoms with Crippen molar-refractivity contribution in [1.82, 2.24) is 4.98 Å². The van der Waals surface area contributed by atoms with Gasteiger partial charge in [0.1, 0.15) is 0 Å². The van der Waals surface area contributed by atoms with E-state index in [1.54, 1.807) is 0 Å². The first kappa shape index (κ1) is 12.1. The molecule has 0 spiro atoms. The van der Waals surface area contributed by atoms with Gasteiger partial charge in [0, 0.05) is 11.1 Å². The van der Waals surface area contributed by atoms with E-state index in [-0.39, 0.29) is 0 Å². The van der Waals surface area contributed by atoms with Crippen LogP contribution < -0.4 is 0 Å². The molecule has 3 aromatic rings. The second-order valence-corrected chi connectivity index (χ2v) is 4.43. The Morgan fingerprint density at radius 3 is 2.20 bits per heavy atom. The molecule has 0 N–H and O–H groups in total. The maximum Gasteiger partial charge on any atom is 0.0998 e. The lowest BCUT2D eigenvalue weighted by atomic mass is 10.0. The summed E-state index contributed by atoms with van der Waals surface area (Å²) in [5.74, 6) is 0.